The molecule has 0 fully saturated rings. The van der Waals surface area contributed by atoms with Crippen molar-refractivity contribution in [1.29, 1.82) is 0 Å². The highest BCUT2D eigenvalue weighted by Crippen LogP contribution is 2.31. The van der Waals surface area contributed by atoms with Gasteiger partial charge < -0.3 is 10.1 Å². The van der Waals surface area contributed by atoms with E-state index in [0.717, 1.165) is 0 Å². The second-order valence-electron chi connectivity index (χ2n) is 7.84. The fraction of sp³-hybridized carbons (Fsp3) is 0.107. The summed E-state index contributed by atoms with van der Waals surface area (Å²) in [6, 6.07) is 19.1. The van der Waals surface area contributed by atoms with Crippen molar-refractivity contribution in [3.63, 3.8) is 0 Å². The third kappa shape index (κ3) is 6.02. The minimum absolute atomic E-state index is 0.0208. The molecule has 0 bridgehead atoms. The predicted octanol–water partition coefficient (Wildman–Crippen LogP) is 4.82. The number of nitrogens with one attached hydrogen (secondary N) is 1. The molecular formula is C28H23FN4O4. The third-order valence-corrected chi connectivity index (χ3v) is 5.39. The van der Waals surface area contributed by atoms with Gasteiger partial charge in [0.25, 0.3) is 11.8 Å². The standard InChI is InChI=1S/C28H23FN4O4/c1-2-37-28(36)20-8-14-23(15-9-20)33(27(35)24-18-30-16-17-31-24)25(19-6-4-3-5-7-19)26(34)32-22-12-10-21(29)11-13-22/h3-18,25H,2H2,1H3,(H,32,34). The molecule has 4 aromatic rings. The molecule has 186 valence electrons. The summed E-state index contributed by atoms with van der Waals surface area (Å²) in [5.41, 5.74) is 1.54. The number of esters is 1. The normalized spacial score (nSPS) is 11.3. The molecule has 0 saturated heterocycles. The number of hydrogen-bond acceptors (Lipinski definition) is 6. The summed E-state index contributed by atoms with van der Waals surface area (Å²) >= 11 is 0. The van der Waals surface area contributed by atoms with Gasteiger partial charge in [0.2, 0.25) is 0 Å². The van der Waals surface area contributed by atoms with Crippen molar-refractivity contribution < 1.29 is 23.5 Å². The van der Waals surface area contributed by atoms with Crippen molar-refractivity contribution in [3.8, 4) is 0 Å². The Morgan fingerprint density at radius 3 is 2.27 bits per heavy atom. The Morgan fingerprint density at radius 1 is 0.946 bits per heavy atom. The lowest BCUT2D eigenvalue weighted by Gasteiger charge is -2.31. The molecule has 1 N–H and O–H groups in total. The highest BCUT2D eigenvalue weighted by atomic mass is 19.1. The first-order valence-electron chi connectivity index (χ1n) is 11.5. The van der Waals surface area contributed by atoms with Crippen LogP contribution >= 0.6 is 0 Å². The quantitative estimate of drug-likeness (QED) is 0.350. The van der Waals surface area contributed by atoms with Gasteiger partial charge in [-0.05, 0) is 61.0 Å². The van der Waals surface area contributed by atoms with Crippen molar-refractivity contribution in [2.24, 2.45) is 0 Å². The first-order valence-corrected chi connectivity index (χ1v) is 11.5. The molecule has 1 unspecified atom stereocenters. The number of amides is 2. The van der Waals surface area contributed by atoms with E-state index in [4.69, 9.17) is 4.74 Å². The van der Waals surface area contributed by atoms with E-state index in [1.165, 1.54) is 59.9 Å². The Hall–Kier alpha value is -4.92. The fourth-order valence-electron chi connectivity index (χ4n) is 3.69. The zero-order chi connectivity index (χ0) is 26.2. The molecule has 37 heavy (non-hydrogen) atoms. The van der Waals surface area contributed by atoms with E-state index in [2.05, 4.69) is 15.3 Å². The van der Waals surface area contributed by atoms with Crippen LogP contribution < -0.4 is 10.2 Å². The average molecular weight is 499 g/mol. The van der Waals surface area contributed by atoms with Gasteiger partial charge >= 0.3 is 5.97 Å². The maximum Gasteiger partial charge on any atom is 0.338 e. The predicted molar refractivity (Wildman–Crippen MR) is 135 cm³/mol. The molecule has 1 aromatic heterocycles. The molecule has 8 nitrogen and oxygen atoms in total. The summed E-state index contributed by atoms with van der Waals surface area (Å²) in [6.45, 7) is 1.93. The van der Waals surface area contributed by atoms with Crippen molar-refractivity contribution >= 4 is 29.2 Å². The SMILES string of the molecule is CCOC(=O)c1ccc(N(C(=O)c2cnccn2)C(C(=O)Nc2ccc(F)cc2)c2ccccc2)cc1. The molecule has 4 rings (SSSR count). The summed E-state index contributed by atoms with van der Waals surface area (Å²) in [4.78, 5) is 49.0. The van der Waals surface area contributed by atoms with E-state index in [0.29, 0.717) is 22.5 Å². The monoisotopic (exact) mass is 498 g/mol. The van der Waals surface area contributed by atoms with Crippen LogP contribution in [0.4, 0.5) is 15.8 Å². The van der Waals surface area contributed by atoms with Gasteiger partial charge in [-0.15, -0.1) is 0 Å². The van der Waals surface area contributed by atoms with E-state index in [1.54, 1.807) is 49.4 Å². The smallest absolute Gasteiger partial charge is 0.338 e. The van der Waals surface area contributed by atoms with Crippen LogP contribution in [0.25, 0.3) is 0 Å². The lowest BCUT2D eigenvalue weighted by molar-refractivity contribution is -0.117. The Morgan fingerprint density at radius 2 is 1.65 bits per heavy atom. The number of benzene rings is 3. The zero-order valence-electron chi connectivity index (χ0n) is 19.9. The first kappa shape index (κ1) is 25.2. The van der Waals surface area contributed by atoms with Crippen molar-refractivity contribution in [1.82, 2.24) is 9.97 Å². The Balaban J connectivity index is 1.80. The molecule has 0 aliphatic heterocycles. The Bertz CT molecular complexity index is 1370. The molecule has 0 saturated carbocycles. The summed E-state index contributed by atoms with van der Waals surface area (Å²) in [7, 11) is 0. The number of nitrogens with zero attached hydrogens (tertiary/aromatic N) is 3. The number of ether oxygens (including phenoxy) is 1. The van der Waals surface area contributed by atoms with Crippen LogP contribution in [0.2, 0.25) is 0 Å². The van der Waals surface area contributed by atoms with Crippen molar-refractivity contribution in [3.05, 3.63) is 120 Å². The summed E-state index contributed by atoms with van der Waals surface area (Å²) in [5.74, 6) is -2.07. The first-order chi connectivity index (χ1) is 18.0. The van der Waals surface area contributed by atoms with E-state index < -0.39 is 29.6 Å². The van der Waals surface area contributed by atoms with Crippen LogP contribution in [0.15, 0.2) is 97.5 Å². The van der Waals surface area contributed by atoms with E-state index in [9.17, 15) is 18.8 Å². The molecule has 0 spiro atoms. The van der Waals surface area contributed by atoms with Gasteiger partial charge in [0.1, 0.15) is 17.6 Å². The Labute approximate surface area is 212 Å². The number of anilines is 2. The van der Waals surface area contributed by atoms with Gasteiger partial charge in [-0.2, -0.15) is 0 Å². The Kier molecular flexibility index (Phi) is 7.95. The number of aromatic nitrogens is 2. The van der Waals surface area contributed by atoms with Gasteiger partial charge in [-0.25, -0.2) is 14.2 Å². The minimum Gasteiger partial charge on any atom is -0.462 e. The summed E-state index contributed by atoms with van der Waals surface area (Å²) < 4.78 is 18.5. The van der Waals surface area contributed by atoms with Crippen LogP contribution in [0.1, 0.15) is 39.4 Å². The van der Waals surface area contributed by atoms with Crippen LogP contribution in [0, 0.1) is 5.82 Å². The number of carbonyl (C=O) groups is 3. The third-order valence-electron chi connectivity index (χ3n) is 5.39. The van der Waals surface area contributed by atoms with Crippen molar-refractivity contribution in [2.45, 2.75) is 13.0 Å². The van der Waals surface area contributed by atoms with Gasteiger partial charge in [-0.3, -0.25) is 19.5 Å². The second kappa shape index (κ2) is 11.7. The van der Waals surface area contributed by atoms with Gasteiger partial charge in [0.15, 0.2) is 0 Å². The average Bonchev–Trinajstić information content (AvgIpc) is 2.93. The molecule has 3 aromatic carbocycles. The topological polar surface area (TPSA) is 101 Å². The molecule has 0 radical (unpaired) electrons. The fourth-order valence-corrected chi connectivity index (χ4v) is 3.69. The molecule has 1 atom stereocenters. The maximum atomic E-state index is 13.8. The molecule has 0 aliphatic carbocycles. The van der Waals surface area contributed by atoms with Gasteiger partial charge in [0.05, 0.1) is 18.4 Å². The number of hydrogen-bond donors (Lipinski definition) is 1. The van der Waals surface area contributed by atoms with E-state index >= 15 is 0 Å². The van der Waals surface area contributed by atoms with Gasteiger partial charge in [-0.1, -0.05) is 30.3 Å². The van der Waals surface area contributed by atoms with Crippen LogP contribution in [0.3, 0.4) is 0 Å². The molecular weight excluding hydrogens is 475 g/mol. The highest BCUT2D eigenvalue weighted by molar-refractivity contribution is 6.11. The maximum absolute atomic E-state index is 13.8. The number of rotatable bonds is 8. The minimum atomic E-state index is -1.14. The largest absolute Gasteiger partial charge is 0.462 e. The van der Waals surface area contributed by atoms with Crippen molar-refractivity contribution in [2.75, 3.05) is 16.8 Å². The summed E-state index contributed by atoms with van der Waals surface area (Å²) in [6.07, 6.45) is 4.12. The molecule has 2 amide bonds. The highest BCUT2D eigenvalue weighted by Gasteiger charge is 2.34. The number of carbonyl (C=O) groups excluding carboxylic acids is 3. The lowest BCUT2D eigenvalue weighted by Crippen LogP contribution is -2.42. The zero-order valence-corrected chi connectivity index (χ0v) is 19.9. The molecule has 1 heterocycles. The second-order valence-corrected chi connectivity index (χ2v) is 7.84. The van der Waals surface area contributed by atoms with Gasteiger partial charge in [0, 0.05) is 23.8 Å². The van der Waals surface area contributed by atoms with Crippen LogP contribution in [-0.4, -0.2) is 34.4 Å². The lowest BCUT2D eigenvalue weighted by atomic mass is 10.0. The number of halogens is 1. The van der Waals surface area contributed by atoms with Crippen LogP contribution in [0.5, 0.6) is 0 Å². The molecule has 9 heteroatoms. The van der Waals surface area contributed by atoms with E-state index in [1.807, 2.05) is 0 Å². The van der Waals surface area contributed by atoms with E-state index in [-0.39, 0.29) is 12.3 Å². The summed E-state index contributed by atoms with van der Waals surface area (Å²) in [5, 5.41) is 2.76. The van der Waals surface area contributed by atoms with Crippen LogP contribution in [-0.2, 0) is 9.53 Å². The molecule has 0 aliphatic rings.